The molecule has 0 aliphatic rings. The maximum Gasteiger partial charge on any atom is 0.417 e. The fourth-order valence-corrected chi connectivity index (χ4v) is 1.91. The third-order valence-electron chi connectivity index (χ3n) is 2.32. The molecule has 0 amide bonds. The molecule has 0 fully saturated rings. The highest BCUT2D eigenvalue weighted by atomic mass is 35.5. The van der Waals surface area contributed by atoms with Crippen LogP contribution < -0.4 is 5.32 Å². The number of aromatic nitrogens is 1. The topological polar surface area (TPSA) is 24.9 Å². The summed E-state index contributed by atoms with van der Waals surface area (Å²) in [6, 6.07) is 2.31. The molecule has 0 saturated heterocycles. The van der Waals surface area contributed by atoms with Crippen molar-refractivity contribution in [2.75, 3.05) is 11.9 Å². The first-order chi connectivity index (χ1) is 8.29. The van der Waals surface area contributed by atoms with Crippen molar-refractivity contribution in [1.29, 1.82) is 0 Å². The van der Waals surface area contributed by atoms with E-state index in [0.717, 1.165) is 18.7 Å². The van der Waals surface area contributed by atoms with Gasteiger partial charge in [-0.05, 0) is 24.5 Å². The number of hydrogen-bond donors (Lipinski definition) is 1. The minimum Gasteiger partial charge on any atom is -0.369 e. The van der Waals surface area contributed by atoms with E-state index in [-0.39, 0.29) is 5.38 Å². The van der Waals surface area contributed by atoms with Crippen molar-refractivity contribution in [2.24, 2.45) is 5.92 Å². The van der Waals surface area contributed by atoms with Gasteiger partial charge in [0.25, 0.3) is 0 Å². The summed E-state index contributed by atoms with van der Waals surface area (Å²) in [5, 5.41) is 2.86. The minimum atomic E-state index is -4.35. The Balaban J connectivity index is 2.49. The first-order valence-corrected chi connectivity index (χ1v) is 6.14. The molecule has 6 heteroatoms. The lowest BCUT2D eigenvalue weighted by molar-refractivity contribution is -0.137. The molecule has 1 aromatic heterocycles. The van der Waals surface area contributed by atoms with Crippen molar-refractivity contribution in [2.45, 2.75) is 31.8 Å². The summed E-state index contributed by atoms with van der Waals surface area (Å²) in [4.78, 5) is 3.71. The third kappa shape index (κ3) is 5.12. The molecule has 102 valence electrons. The number of pyridine rings is 1. The lowest BCUT2D eigenvalue weighted by Crippen LogP contribution is -2.17. The number of nitrogens with zero attached hydrogens (tertiary/aromatic N) is 1. The number of alkyl halides is 4. The van der Waals surface area contributed by atoms with E-state index in [1.165, 1.54) is 6.07 Å². The predicted octanol–water partition coefficient (Wildman–Crippen LogP) is 4.17. The molecule has 2 nitrogen and oxygen atoms in total. The van der Waals surface area contributed by atoms with Crippen LogP contribution in [0.25, 0.3) is 0 Å². The summed E-state index contributed by atoms with van der Waals surface area (Å²) >= 11 is 6.06. The molecule has 0 spiro atoms. The van der Waals surface area contributed by atoms with Gasteiger partial charge in [0.15, 0.2) is 0 Å². The average molecular weight is 281 g/mol. The molecule has 1 N–H and O–H groups in total. The van der Waals surface area contributed by atoms with Crippen molar-refractivity contribution in [3.8, 4) is 0 Å². The predicted molar refractivity (Wildman–Crippen MR) is 66.8 cm³/mol. The van der Waals surface area contributed by atoms with Gasteiger partial charge < -0.3 is 5.32 Å². The Bertz CT molecular complexity index is 363. The minimum absolute atomic E-state index is 0.0610. The number of nitrogens with one attached hydrogen (secondary N) is 1. The Morgan fingerprint density at radius 2 is 2.00 bits per heavy atom. The van der Waals surface area contributed by atoms with Crippen molar-refractivity contribution in [1.82, 2.24) is 4.98 Å². The van der Waals surface area contributed by atoms with Gasteiger partial charge >= 0.3 is 6.18 Å². The van der Waals surface area contributed by atoms with Gasteiger partial charge in [0, 0.05) is 12.7 Å². The highest BCUT2D eigenvalue weighted by Crippen LogP contribution is 2.28. The number of halogens is 4. The Labute approximate surface area is 110 Å². The van der Waals surface area contributed by atoms with Crippen LogP contribution in [0.4, 0.5) is 19.0 Å². The van der Waals surface area contributed by atoms with Gasteiger partial charge in [-0.3, -0.25) is 0 Å². The van der Waals surface area contributed by atoms with Crippen molar-refractivity contribution in [3.05, 3.63) is 23.9 Å². The molecule has 1 rings (SSSR count). The maximum atomic E-state index is 12.3. The largest absolute Gasteiger partial charge is 0.417 e. The molecular weight excluding hydrogens is 265 g/mol. The second-order valence-electron chi connectivity index (χ2n) is 4.54. The van der Waals surface area contributed by atoms with Crippen molar-refractivity contribution >= 4 is 17.4 Å². The first-order valence-electron chi connectivity index (χ1n) is 5.70. The zero-order valence-corrected chi connectivity index (χ0v) is 11.0. The van der Waals surface area contributed by atoms with Crippen LogP contribution in [0.15, 0.2) is 18.3 Å². The lowest BCUT2D eigenvalue weighted by atomic mass is 10.1. The van der Waals surface area contributed by atoms with Crippen LogP contribution >= 0.6 is 11.6 Å². The number of anilines is 1. The van der Waals surface area contributed by atoms with E-state index in [2.05, 4.69) is 24.1 Å². The summed E-state index contributed by atoms with van der Waals surface area (Å²) in [7, 11) is 0. The molecule has 1 aromatic rings. The summed E-state index contributed by atoms with van der Waals surface area (Å²) in [5.74, 6) is 0.882. The Hall–Kier alpha value is -0.970. The van der Waals surface area contributed by atoms with Gasteiger partial charge in [-0.25, -0.2) is 4.98 Å². The highest BCUT2D eigenvalue weighted by molar-refractivity contribution is 6.20. The number of hydrogen-bond acceptors (Lipinski definition) is 2. The number of rotatable bonds is 5. The van der Waals surface area contributed by atoms with Crippen LogP contribution in [-0.4, -0.2) is 16.9 Å². The van der Waals surface area contributed by atoms with Crippen molar-refractivity contribution < 1.29 is 13.2 Å². The van der Waals surface area contributed by atoms with Crippen LogP contribution in [0.2, 0.25) is 0 Å². The smallest absolute Gasteiger partial charge is 0.369 e. The molecule has 0 saturated carbocycles. The van der Waals surface area contributed by atoms with E-state index in [1.807, 2.05) is 0 Å². The fraction of sp³-hybridized carbons (Fsp3) is 0.583. The third-order valence-corrected chi connectivity index (χ3v) is 2.66. The Kier molecular flexibility index (Phi) is 5.26. The van der Waals surface area contributed by atoms with E-state index in [4.69, 9.17) is 11.6 Å². The molecule has 0 aliphatic carbocycles. The van der Waals surface area contributed by atoms with E-state index < -0.39 is 11.7 Å². The molecule has 0 aromatic carbocycles. The van der Waals surface area contributed by atoms with E-state index in [1.54, 1.807) is 0 Å². The summed E-state index contributed by atoms with van der Waals surface area (Å²) in [6.45, 7) is 4.61. The van der Waals surface area contributed by atoms with Crippen LogP contribution in [0.5, 0.6) is 0 Å². The summed E-state index contributed by atoms with van der Waals surface area (Å²) in [6.07, 6.45) is -2.69. The molecule has 0 bridgehead atoms. The molecule has 0 radical (unpaired) electrons. The molecule has 1 atom stereocenters. The van der Waals surface area contributed by atoms with Gasteiger partial charge in [-0.15, -0.1) is 11.6 Å². The quantitative estimate of drug-likeness (QED) is 0.819. The van der Waals surface area contributed by atoms with Gasteiger partial charge in [-0.2, -0.15) is 13.2 Å². The highest BCUT2D eigenvalue weighted by Gasteiger charge is 2.30. The zero-order chi connectivity index (χ0) is 13.8. The normalized spacial score (nSPS) is 13.7. The molecule has 1 unspecified atom stereocenters. The lowest BCUT2D eigenvalue weighted by Gasteiger charge is -2.13. The molecule has 18 heavy (non-hydrogen) atoms. The van der Waals surface area contributed by atoms with Gasteiger partial charge in [-0.1, -0.05) is 13.8 Å². The summed E-state index contributed by atoms with van der Waals surface area (Å²) in [5.41, 5.74) is -0.752. The van der Waals surface area contributed by atoms with E-state index in [0.29, 0.717) is 18.3 Å². The second kappa shape index (κ2) is 6.27. The van der Waals surface area contributed by atoms with Crippen LogP contribution in [-0.2, 0) is 6.18 Å². The monoisotopic (exact) mass is 280 g/mol. The van der Waals surface area contributed by atoms with Crippen LogP contribution in [0.3, 0.4) is 0 Å². The van der Waals surface area contributed by atoms with Crippen molar-refractivity contribution in [3.63, 3.8) is 0 Å². The van der Waals surface area contributed by atoms with Gasteiger partial charge in [0.05, 0.1) is 10.9 Å². The standard InChI is InChI=1S/C12H16ClF3N2/c1-8(2)5-10(13)7-18-11-4-3-9(6-17-11)12(14,15)16/h3-4,6,8,10H,5,7H2,1-2H3,(H,17,18). The maximum absolute atomic E-state index is 12.3. The second-order valence-corrected chi connectivity index (χ2v) is 5.15. The first kappa shape index (κ1) is 15.1. The Morgan fingerprint density at radius 1 is 1.33 bits per heavy atom. The van der Waals surface area contributed by atoms with Crippen LogP contribution in [0, 0.1) is 5.92 Å². The Morgan fingerprint density at radius 3 is 2.44 bits per heavy atom. The van der Waals surface area contributed by atoms with E-state index in [9.17, 15) is 13.2 Å². The van der Waals surface area contributed by atoms with Crippen LogP contribution in [0.1, 0.15) is 25.8 Å². The average Bonchev–Trinajstić information content (AvgIpc) is 2.25. The van der Waals surface area contributed by atoms with E-state index >= 15 is 0 Å². The SMILES string of the molecule is CC(C)CC(Cl)CNc1ccc(C(F)(F)F)cn1. The van der Waals surface area contributed by atoms with Gasteiger partial charge in [0.1, 0.15) is 5.82 Å². The fourth-order valence-electron chi connectivity index (χ4n) is 1.48. The zero-order valence-electron chi connectivity index (χ0n) is 10.3. The molecule has 0 aliphatic heterocycles. The molecular formula is C12H16ClF3N2. The summed E-state index contributed by atoms with van der Waals surface area (Å²) < 4.78 is 36.9. The van der Waals surface area contributed by atoms with Gasteiger partial charge in [0.2, 0.25) is 0 Å². The molecule has 1 heterocycles.